The Kier molecular flexibility index (Phi) is 4.33. The lowest BCUT2D eigenvalue weighted by Crippen LogP contribution is -1.96. The van der Waals surface area contributed by atoms with E-state index >= 15 is 0 Å². The van der Waals surface area contributed by atoms with E-state index in [9.17, 15) is 14.9 Å². The average Bonchev–Trinajstić information content (AvgIpc) is 3.02. The summed E-state index contributed by atoms with van der Waals surface area (Å²) in [6.07, 6.45) is 2.17. The van der Waals surface area contributed by atoms with E-state index < -0.39 is 4.92 Å². The van der Waals surface area contributed by atoms with Crippen LogP contribution < -0.4 is 0 Å². The second-order valence-electron chi connectivity index (χ2n) is 4.90. The third kappa shape index (κ3) is 3.02. The van der Waals surface area contributed by atoms with Gasteiger partial charge in [0, 0.05) is 23.9 Å². The molecule has 0 N–H and O–H groups in total. The minimum atomic E-state index is -0.493. The molecule has 3 aromatic rings. The minimum Gasteiger partial charge on any atom is -0.298 e. The van der Waals surface area contributed by atoms with Crippen LogP contribution in [-0.4, -0.2) is 21.0 Å². The van der Waals surface area contributed by atoms with Gasteiger partial charge in [-0.1, -0.05) is 35.3 Å². The summed E-state index contributed by atoms with van der Waals surface area (Å²) >= 11 is 11.9. The molecule has 1 aromatic heterocycles. The Morgan fingerprint density at radius 2 is 1.92 bits per heavy atom. The molecule has 120 valence electrons. The van der Waals surface area contributed by atoms with E-state index in [4.69, 9.17) is 23.2 Å². The molecule has 0 atom stereocenters. The van der Waals surface area contributed by atoms with Crippen molar-refractivity contribution >= 4 is 35.2 Å². The Labute approximate surface area is 146 Å². The summed E-state index contributed by atoms with van der Waals surface area (Å²) in [6, 6.07) is 10.9. The minimum absolute atomic E-state index is 0.0632. The summed E-state index contributed by atoms with van der Waals surface area (Å²) in [6.45, 7) is 0. The number of nitrogens with zero attached hydrogens (tertiary/aromatic N) is 3. The highest BCUT2D eigenvalue weighted by molar-refractivity contribution is 6.42. The molecule has 1 heterocycles. The molecule has 0 bridgehead atoms. The van der Waals surface area contributed by atoms with Crippen LogP contribution >= 0.6 is 23.2 Å². The van der Waals surface area contributed by atoms with Crippen molar-refractivity contribution < 1.29 is 9.72 Å². The van der Waals surface area contributed by atoms with E-state index in [0.717, 1.165) is 0 Å². The van der Waals surface area contributed by atoms with E-state index in [1.165, 1.54) is 23.0 Å². The van der Waals surface area contributed by atoms with Crippen LogP contribution in [0.1, 0.15) is 10.4 Å². The van der Waals surface area contributed by atoms with E-state index in [1.807, 2.05) is 0 Å². The summed E-state index contributed by atoms with van der Waals surface area (Å²) in [4.78, 5) is 21.8. The maximum atomic E-state index is 11.4. The van der Waals surface area contributed by atoms with Crippen molar-refractivity contribution in [3.05, 3.63) is 74.4 Å². The normalized spacial score (nSPS) is 10.6. The van der Waals surface area contributed by atoms with Crippen LogP contribution in [0.3, 0.4) is 0 Å². The predicted molar refractivity (Wildman–Crippen MR) is 91.1 cm³/mol. The van der Waals surface area contributed by atoms with Crippen LogP contribution in [0.5, 0.6) is 0 Å². The van der Waals surface area contributed by atoms with Gasteiger partial charge >= 0.3 is 0 Å². The molecule has 0 saturated heterocycles. The number of hydrogen-bond donors (Lipinski definition) is 0. The molecule has 0 unspecified atom stereocenters. The van der Waals surface area contributed by atoms with Gasteiger partial charge in [-0.25, -0.2) is 4.68 Å². The molecular weight excluding hydrogens is 353 g/mol. The van der Waals surface area contributed by atoms with Crippen LogP contribution in [0.4, 0.5) is 5.69 Å². The molecule has 8 heteroatoms. The maximum absolute atomic E-state index is 11.4. The zero-order chi connectivity index (χ0) is 17.3. The summed E-state index contributed by atoms with van der Waals surface area (Å²) in [7, 11) is 0. The Balaban J connectivity index is 2.11. The van der Waals surface area contributed by atoms with Crippen molar-refractivity contribution in [3.63, 3.8) is 0 Å². The van der Waals surface area contributed by atoms with Crippen molar-refractivity contribution in [2.75, 3.05) is 0 Å². The van der Waals surface area contributed by atoms with Crippen LogP contribution in [0.25, 0.3) is 16.9 Å². The fourth-order valence-electron chi connectivity index (χ4n) is 2.22. The lowest BCUT2D eigenvalue weighted by atomic mass is 10.1. The Morgan fingerprint density at radius 1 is 1.12 bits per heavy atom. The second-order valence-corrected chi connectivity index (χ2v) is 5.72. The van der Waals surface area contributed by atoms with Gasteiger partial charge in [0.15, 0.2) is 6.29 Å². The van der Waals surface area contributed by atoms with Gasteiger partial charge in [0.05, 0.1) is 26.2 Å². The topological polar surface area (TPSA) is 78.0 Å². The lowest BCUT2D eigenvalue weighted by molar-refractivity contribution is -0.384. The number of non-ortho nitro benzene ring substituents is 1. The molecule has 0 saturated carbocycles. The lowest BCUT2D eigenvalue weighted by Gasteiger charge is -2.02. The molecule has 0 radical (unpaired) electrons. The van der Waals surface area contributed by atoms with Gasteiger partial charge in [-0.2, -0.15) is 5.10 Å². The van der Waals surface area contributed by atoms with Crippen molar-refractivity contribution in [1.82, 2.24) is 9.78 Å². The Morgan fingerprint density at radius 3 is 2.58 bits per heavy atom. The molecule has 0 aliphatic heterocycles. The number of aldehydes is 1. The van der Waals surface area contributed by atoms with E-state index in [1.54, 1.807) is 30.3 Å². The molecule has 0 amide bonds. The number of nitro benzene ring substituents is 1. The molecule has 24 heavy (non-hydrogen) atoms. The van der Waals surface area contributed by atoms with E-state index in [2.05, 4.69) is 5.10 Å². The van der Waals surface area contributed by atoms with Crippen molar-refractivity contribution in [2.45, 2.75) is 0 Å². The largest absolute Gasteiger partial charge is 0.298 e. The van der Waals surface area contributed by atoms with Gasteiger partial charge in [0.25, 0.3) is 5.69 Å². The van der Waals surface area contributed by atoms with Crippen molar-refractivity contribution in [3.8, 4) is 16.9 Å². The SMILES string of the molecule is O=Cc1cn(-c2cccc([N+](=O)[O-])c2)nc1-c1ccc(Cl)c(Cl)c1. The zero-order valence-corrected chi connectivity index (χ0v) is 13.5. The highest BCUT2D eigenvalue weighted by Gasteiger charge is 2.14. The molecular formula is C16H9Cl2N3O3. The van der Waals surface area contributed by atoms with Gasteiger partial charge in [-0.3, -0.25) is 14.9 Å². The first-order valence-corrected chi connectivity index (χ1v) is 7.50. The van der Waals surface area contributed by atoms with Crippen LogP contribution in [0, 0.1) is 10.1 Å². The molecule has 0 spiro atoms. The van der Waals surface area contributed by atoms with Crippen LogP contribution in [0.15, 0.2) is 48.7 Å². The summed E-state index contributed by atoms with van der Waals surface area (Å²) in [5.74, 6) is 0. The molecule has 0 aliphatic rings. The highest BCUT2D eigenvalue weighted by Crippen LogP contribution is 2.30. The molecule has 0 fully saturated rings. The third-order valence-corrected chi connectivity index (χ3v) is 4.11. The maximum Gasteiger partial charge on any atom is 0.271 e. The number of aromatic nitrogens is 2. The number of hydrogen-bond acceptors (Lipinski definition) is 4. The first kappa shape index (κ1) is 16.2. The van der Waals surface area contributed by atoms with Gasteiger partial charge < -0.3 is 0 Å². The number of carbonyl (C=O) groups is 1. The molecule has 2 aromatic carbocycles. The molecule has 6 nitrogen and oxygen atoms in total. The Bertz CT molecular complexity index is 953. The van der Waals surface area contributed by atoms with Crippen LogP contribution in [0.2, 0.25) is 10.0 Å². The monoisotopic (exact) mass is 361 g/mol. The van der Waals surface area contributed by atoms with Gasteiger partial charge in [-0.15, -0.1) is 0 Å². The zero-order valence-electron chi connectivity index (χ0n) is 12.0. The van der Waals surface area contributed by atoms with E-state index in [0.29, 0.717) is 38.8 Å². The fraction of sp³-hybridized carbons (Fsp3) is 0. The van der Waals surface area contributed by atoms with Gasteiger partial charge in [-0.05, 0) is 18.2 Å². The van der Waals surface area contributed by atoms with Crippen molar-refractivity contribution in [1.29, 1.82) is 0 Å². The summed E-state index contributed by atoms with van der Waals surface area (Å²) in [5, 5.41) is 16.0. The number of halogens is 2. The summed E-state index contributed by atoms with van der Waals surface area (Å²) < 4.78 is 1.41. The van der Waals surface area contributed by atoms with Crippen LogP contribution in [-0.2, 0) is 0 Å². The van der Waals surface area contributed by atoms with Gasteiger partial charge in [0.2, 0.25) is 0 Å². The standard InChI is InChI=1S/C16H9Cl2N3O3/c17-14-5-4-10(6-15(14)18)16-11(9-22)8-20(19-16)12-2-1-3-13(7-12)21(23)24/h1-9H. The smallest absolute Gasteiger partial charge is 0.271 e. The van der Waals surface area contributed by atoms with Crippen molar-refractivity contribution in [2.24, 2.45) is 0 Å². The fourth-order valence-corrected chi connectivity index (χ4v) is 2.52. The first-order valence-electron chi connectivity index (χ1n) is 6.74. The Hall–Kier alpha value is -2.70. The predicted octanol–water partition coefficient (Wildman–Crippen LogP) is 4.57. The number of carbonyl (C=O) groups excluding carboxylic acids is 1. The number of benzene rings is 2. The van der Waals surface area contributed by atoms with Gasteiger partial charge in [0.1, 0.15) is 5.69 Å². The quantitative estimate of drug-likeness (QED) is 0.387. The average molecular weight is 362 g/mol. The highest BCUT2D eigenvalue weighted by atomic mass is 35.5. The second kappa shape index (κ2) is 6.43. The number of rotatable bonds is 4. The van der Waals surface area contributed by atoms with E-state index in [-0.39, 0.29) is 5.69 Å². The number of nitro groups is 1. The molecule has 0 aliphatic carbocycles. The summed E-state index contributed by atoms with van der Waals surface area (Å²) in [5.41, 5.74) is 1.77. The third-order valence-electron chi connectivity index (χ3n) is 3.37. The first-order chi connectivity index (χ1) is 11.5. The molecule has 3 rings (SSSR count).